The van der Waals surface area contributed by atoms with Gasteiger partial charge in [0.05, 0.1) is 10.0 Å². The molecule has 0 aliphatic rings. The molecule has 1 N–H and O–H groups in total. The number of carboxylic acid groups (broad SMARTS) is 1. The highest BCUT2D eigenvalue weighted by Gasteiger charge is 2.25. The number of benzene rings is 1. The average molecular weight is 462 g/mol. The number of carbonyl (C=O) groups excluding carboxylic acids is 1. The second-order valence-corrected chi connectivity index (χ2v) is 9.16. The molecule has 0 saturated carbocycles. The lowest BCUT2D eigenvalue weighted by atomic mass is 10.0. The minimum absolute atomic E-state index is 0.00387. The molecule has 0 aromatic heterocycles. The fourth-order valence-corrected chi connectivity index (χ4v) is 4.47. The van der Waals surface area contributed by atoms with E-state index in [9.17, 15) is 9.59 Å². The largest absolute Gasteiger partial charge is 0.481 e. The van der Waals surface area contributed by atoms with Crippen molar-refractivity contribution in [2.75, 3.05) is 18.8 Å². The summed E-state index contributed by atoms with van der Waals surface area (Å²) in [5.41, 5.74) is 0. The lowest BCUT2D eigenvalue weighted by Crippen LogP contribution is -2.39. The molecule has 1 aromatic carbocycles. The first kappa shape index (κ1) is 26.1. The van der Waals surface area contributed by atoms with Crippen LogP contribution in [0.1, 0.15) is 65.2 Å². The quantitative estimate of drug-likeness (QED) is 0.231. The van der Waals surface area contributed by atoms with Crippen LogP contribution in [0.15, 0.2) is 23.1 Å². The van der Waals surface area contributed by atoms with E-state index in [0.717, 1.165) is 56.5 Å². The van der Waals surface area contributed by atoms with Crippen LogP contribution in [-0.2, 0) is 9.59 Å². The molecule has 1 amide bonds. The van der Waals surface area contributed by atoms with E-state index >= 15 is 0 Å². The highest BCUT2D eigenvalue weighted by Crippen LogP contribution is 2.30. The number of hydrogen-bond acceptors (Lipinski definition) is 3. The Labute approximate surface area is 189 Å². The van der Waals surface area contributed by atoms with Crippen molar-refractivity contribution in [2.45, 2.75) is 70.1 Å². The molecule has 164 valence electrons. The molecular formula is C22H33Cl2NO3S. The molecule has 0 heterocycles. The molecule has 0 saturated heterocycles. The SMILES string of the molecule is CCCCCN(CCCCC)C(=O)C(CCC(=O)O)CSc1ccc(Cl)c(Cl)c1. The summed E-state index contributed by atoms with van der Waals surface area (Å²) in [4.78, 5) is 27.2. The maximum absolute atomic E-state index is 13.3. The smallest absolute Gasteiger partial charge is 0.303 e. The third kappa shape index (κ3) is 10.6. The first-order valence-corrected chi connectivity index (χ1v) is 12.2. The molecule has 0 spiro atoms. The van der Waals surface area contributed by atoms with Crippen LogP contribution in [0, 0.1) is 5.92 Å². The molecule has 7 heteroatoms. The van der Waals surface area contributed by atoms with Gasteiger partial charge in [-0.2, -0.15) is 0 Å². The van der Waals surface area contributed by atoms with Crippen molar-refractivity contribution in [1.29, 1.82) is 0 Å². The number of carbonyl (C=O) groups is 2. The maximum Gasteiger partial charge on any atom is 0.303 e. The molecule has 0 aliphatic heterocycles. The van der Waals surface area contributed by atoms with E-state index in [1.165, 1.54) is 11.8 Å². The lowest BCUT2D eigenvalue weighted by molar-refractivity contribution is -0.138. The van der Waals surface area contributed by atoms with Crippen molar-refractivity contribution >= 4 is 46.8 Å². The summed E-state index contributed by atoms with van der Waals surface area (Å²) >= 11 is 13.6. The van der Waals surface area contributed by atoms with Crippen LogP contribution >= 0.6 is 35.0 Å². The number of unbranched alkanes of at least 4 members (excludes halogenated alkanes) is 4. The number of amides is 1. The fraction of sp³-hybridized carbons (Fsp3) is 0.636. The number of carboxylic acids is 1. The van der Waals surface area contributed by atoms with Gasteiger partial charge in [0.15, 0.2) is 0 Å². The topological polar surface area (TPSA) is 57.6 Å². The van der Waals surface area contributed by atoms with Gasteiger partial charge in [0.2, 0.25) is 5.91 Å². The van der Waals surface area contributed by atoms with Crippen molar-refractivity contribution in [2.24, 2.45) is 5.92 Å². The van der Waals surface area contributed by atoms with E-state index in [-0.39, 0.29) is 18.2 Å². The van der Waals surface area contributed by atoms with Gasteiger partial charge in [0.25, 0.3) is 0 Å². The van der Waals surface area contributed by atoms with Crippen LogP contribution < -0.4 is 0 Å². The van der Waals surface area contributed by atoms with Crippen LogP contribution in [0.5, 0.6) is 0 Å². The van der Waals surface area contributed by atoms with Gasteiger partial charge in [-0.05, 0) is 37.5 Å². The Bertz CT molecular complexity index is 632. The number of hydrogen-bond donors (Lipinski definition) is 1. The summed E-state index contributed by atoms with van der Waals surface area (Å²) in [5.74, 6) is -0.590. The normalized spacial score (nSPS) is 12.0. The number of thioether (sulfide) groups is 1. The van der Waals surface area contributed by atoms with Gasteiger partial charge in [-0.25, -0.2) is 0 Å². The average Bonchev–Trinajstić information content (AvgIpc) is 2.69. The second kappa shape index (κ2) is 15.0. The molecule has 1 unspecified atom stereocenters. The summed E-state index contributed by atoms with van der Waals surface area (Å²) in [7, 11) is 0. The Kier molecular flexibility index (Phi) is 13.5. The van der Waals surface area contributed by atoms with E-state index < -0.39 is 5.97 Å². The van der Waals surface area contributed by atoms with Gasteiger partial charge in [0.1, 0.15) is 0 Å². The molecule has 0 bridgehead atoms. The van der Waals surface area contributed by atoms with Crippen molar-refractivity contribution in [3.63, 3.8) is 0 Å². The van der Waals surface area contributed by atoms with Gasteiger partial charge in [-0.1, -0.05) is 62.7 Å². The summed E-state index contributed by atoms with van der Waals surface area (Å²) in [6.45, 7) is 5.79. The highest BCUT2D eigenvalue weighted by molar-refractivity contribution is 7.99. The molecule has 4 nitrogen and oxygen atoms in total. The minimum Gasteiger partial charge on any atom is -0.481 e. The van der Waals surface area contributed by atoms with Gasteiger partial charge < -0.3 is 10.0 Å². The monoisotopic (exact) mass is 461 g/mol. The summed E-state index contributed by atoms with van der Waals surface area (Å²) in [6, 6.07) is 5.40. The Morgan fingerprint density at radius 1 is 1.03 bits per heavy atom. The number of aliphatic carboxylic acids is 1. The first-order valence-electron chi connectivity index (χ1n) is 10.5. The van der Waals surface area contributed by atoms with Gasteiger partial charge >= 0.3 is 5.97 Å². The summed E-state index contributed by atoms with van der Waals surface area (Å²) < 4.78 is 0. The van der Waals surface area contributed by atoms with Crippen molar-refractivity contribution in [3.05, 3.63) is 28.2 Å². The van der Waals surface area contributed by atoms with Crippen LogP contribution in [-0.4, -0.2) is 40.7 Å². The molecule has 0 fully saturated rings. The zero-order valence-electron chi connectivity index (χ0n) is 17.5. The zero-order chi connectivity index (χ0) is 21.6. The Morgan fingerprint density at radius 2 is 1.66 bits per heavy atom. The Morgan fingerprint density at radius 3 is 2.17 bits per heavy atom. The molecule has 1 atom stereocenters. The van der Waals surface area contributed by atoms with E-state index in [2.05, 4.69) is 13.8 Å². The summed E-state index contributed by atoms with van der Waals surface area (Å²) in [6.07, 6.45) is 6.71. The third-order valence-corrected chi connectivity index (χ3v) is 6.67. The van der Waals surface area contributed by atoms with Crippen LogP contribution in [0.25, 0.3) is 0 Å². The minimum atomic E-state index is -0.870. The molecular weight excluding hydrogens is 429 g/mol. The Hall–Kier alpha value is -0.910. The van der Waals surface area contributed by atoms with Gasteiger partial charge in [0, 0.05) is 36.1 Å². The predicted molar refractivity (Wildman–Crippen MR) is 123 cm³/mol. The van der Waals surface area contributed by atoms with Crippen LogP contribution in [0.4, 0.5) is 0 Å². The fourth-order valence-electron chi connectivity index (χ4n) is 3.03. The maximum atomic E-state index is 13.3. The van der Waals surface area contributed by atoms with E-state index in [1.807, 2.05) is 11.0 Å². The number of rotatable bonds is 15. The lowest BCUT2D eigenvalue weighted by Gasteiger charge is -2.27. The van der Waals surface area contributed by atoms with Crippen LogP contribution in [0.3, 0.4) is 0 Å². The Balaban J connectivity index is 2.83. The predicted octanol–water partition coefficient (Wildman–Crippen LogP) is 6.78. The summed E-state index contributed by atoms with van der Waals surface area (Å²) in [5, 5.41) is 10.1. The first-order chi connectivity index (χ1) is 13.9. The van der Waals surface area contributed by atoms with Crippen molar-refractivity contribution in [3.8, 4) is 0 Å². The standard InChI is InChI=1S/C22H33Cl2NO3S/c1-3-5-7-13-25(14-8-6-4-2)22(28)17(9-12-21(26)27)16-29-18-10-11-19(23)20(24)15-18/h10-11,15,17H,3-9,12-14,16H2,1-2H3,(H,26,27). The third-order valence-electron chi connectivity index (χ3n) is 4.77. The molecule has 1 aromatic rings. The van der Waals surface area contributed by atoms with E-state index in [0.29, 0.717) is 22.2 Å². The number of nitrogens with zero attached hydrogens (tertiary/aromatic N) is 1. The van der Waals surface area contributed by atoms with E-state index in [1.54, 1.807) is 12.1 Å². The van der Waals surface area contributed by atoms with Crippen LogP contribution in [0.2, 0.25) is 10.0 Å². The van der Waals surface area contributed by atoms with Crippen molar-refractivity contribution < 1.29 is 14.7 Å². The highest BCUT2D eigenvalue weighted by atomic mass is 35.5. The molecule has 0 radical (unpaired) electrons. The van der Waals surface area contributed by atoms with Gasteiger partial charge in [-0.15, -0.1) is 11.8 Å². The molecule has 1 rings (SSSR count). The second-order valence-electron chi connectivity index (χ2n) is 7.26. The molecule has 29 heavy (non-hydrogen) atoms. The van der Waals surface area contributed by atoms with E-state index in [4.69, 9.17) is 28.3 Å². The molecule has 0 aliphatic carbocycles. The van der Waals surface area contributed by atoms with Gasteiger partial charge in [-0.3, -0.25) is 9.59 Å². The zero-order valence-corrected chi connectivity index (χ0v) is 19.8. The van der Waals surface area contributed by atoms with Crippen molar-refractivity contribution in [1.82, 2.24) is 4.90 Å². The number of halogens is 2.